The molecule has 5 rings (SSSR count). The quantitative estimate of drug-likeness (QED) is 0.271. The Morgan fingerprint density at radius 3 is 2.46 bits per heavy atom. The van der Waals surface area contributed by atoms with Crippen molar-refractivity contribution >= 4 is 45.7 Å². The number of hydrogen-bond acceptors (Lipinski definition) is 5. The number of methoxy groups -OCH3 is 2. The van der Waals surface area contributed by atoms with E-state index in [1.807, 2.05) is 35.1 Å². The van der Waals surface area contributed by atoms with Crippen LogP contribution in [0.4, 0.5) is 0 Å². The van der Waals surface area contributed by atoms with Gasteiger partial charge in [0.1, 0.15) is 5.69 Å². The predicted octanol–water partition coefficient (Wildman–Crippen LogP) is 5.59. The van der Waals surface area contributed by atoms with E-state index in [2.05, 4.69) is 44.7 Å². The molecule has 0 aliphatic carbocycles. The molecule has 1 fully saturated rings. The molecule has 0 bridgehead atoms. The van der Waals surface area contributed by atoms with E-state index in [-0.39, 0.29) is 17.9 Å². The summed E-state index contributed by atoms with van der Waals surface area (Å²) in [5, 5.41) is 2.06. The minimum atomic E-state index is 0.0274. The Hall–Kier alpha value is -2.53. The van der Waals surface area contributed by atoms with Crippen molar-refractivity contribution in [1.29, 1.82) is 0 Å². The second-order valence-electron chi connectivity index (χ2n) is 9.21. The number of rotatable bonds is 5. The van der Waals surface area contributed by atoms with Crippen LogP contribution < -0.4 is 9.47 Å². The smallest absolute Gasteiger partial charge is 0.270 e. The van der Waals surface area contributed by atoms with Crippen molar-refractivity contribution in [2.45, 2.75) is 38.8 Å². The molecular formula is C28H34IN3O4S. The zero-order chi connectivity index (χ0) is 26.7. The lowest BCUT2D eigenvalue weighted by Crippen LogP contribution is -2.50. The summed E-state index contributed by atoms with van der Waals surface area (Å²) in [6, 6.07) is 10.3. The van der Waals surface area contributed by atoms with Crippen molar-refractivity contribution in [2.75, 3.05) is 39.3 Å². The first kappa shape index (κ1) is 27.5. The Balaban J connectivity index is 0.00000156. The van der Waals surface area contributed by atoms with Gasteiger partial charge in [0.2, 0.25) is 5.91 Å². The third-order valence-corrected chi connectivity index (χ3v) is 8.20. The molecule has 0 radical (unpaired) electrons. The first-order chi connectivity index (χ1) is 17.9. The lowest BCUT2D eigenvalue weighted by atomic mass is 9.95. The fourth-order valence-electron chi connectivity index (χ4n) is 5.32. The summed E-state index contributed by atoms with van der Waals surface area (Å²) in [6.45, 7) is 3.57. The molecule has 7 nitrogen and oxygen atoms in total. The molecule has 1 saturated heterocycles. The van der Waals surface area contributed by atoms with Gasteiger partial charge < -0.3 is 23.8 Å². The molecule has 9 heteroatoms. The highest BCUT2D eigenvalue weighted by atomic mass is 127. The van der Waals surface area contributed by atoms with Crippen molar-refractivity contribution in [3.8, 4) is 33.2 Å². The number of ether oxygens (including phenoxy) is 2. The van der Waals surface area contributed by atoms with Gasteiger partial charge in [-0.15, -0.1) is 11.3 Å². The minimum Gasteiger partial charge on any atom is -0.493 e. The van der Waals surface area contributed by atoms with Crippen molar-refractivity contribution < 1.29 is 19.1 Å². The van der Waals surface area contributed by atoms with Crippen LogP contribution in [0.15, 0.2) is 35.7 Å². The number of carbonyl (C=O) groups excluding carboxylic acids is 2. The molecule has 2 amide bonds. The van der Waals surface area contributed by atoms with E-state index in [9.17, 15) is 9.59 Å². The maximum absolute atomic E-state index is 13.9. The summed E-state index contributed by atoms with van der Waals surface area (Å²) in [5.41, 5.74) is 5.07. The second kappa shape index (κ2) is 11.9. The number of benzene rings is 1. The summed E-state index contributed by atoms with van der Waals surface area (Å²) in [5.74, 6) is 1.45. The molecule has 3 aromatic rings. The number of aromatic nitrogens is 1. The number of piperidine rings is 1. The molecule has 37 heavy (non-hydrogen) atoms. The number of nitrogens with zero attached hydrogens (tertiary/aromatic N) is 3. The van der Waals surface area contributed by atoms with Crippen LogP contribution in [-0.4, -0.2) is 71.5 Å². The van der Waals surface area contributed by atoms with Gasteiger partial charge in [-0.3, -0.25) is 9.59 Å². The summed E-state index contributed by atoms with van der Waals surface area (Å²) in [7, 11) is 5.12. The normalized spacial score (nSPS) is 16.2. The summed E-state index contributed by atoms with van der Waals surface area (Å²) in [6.07, 6.45) is 2.61. The molecule has 1 atom stereocenters. The highest BCUT2D eigenvalue weighted by molar-refractivity contribution is 14.1. The largest absolute Gasteiger partial charge is 0.493 e. The van der Waals surface area contributed by atoms with Crippen molar-refractivity contribution in [3.05, 3.63) is 47.0 Å². The van der Waals surface area contributed by atoms with Crippen LogP contribution >= 0.6 is 33.9 Å². The molecular weight excluding hydrogens is 601 g/mol. The Morgan fingerprint density at radius 2 is 1.81 bits per heavy atom. The van der Waals surface area contributed by atoms with Gasteiger partial charge in [-0.05, 0) is 59.4 Å². The number of likely N-dealkylation sites (tertiary alicyclic amines) is 1. The zero-order valence-electron chi connectivity index (χ0n) is 22.0. The minimum absolute atomic E-state index is 0.0274. The topological polar surface area (TPSA) is 64.0 Å². The standard InChI is InChI=1S/C27H31N3O4S.CH3I/c1-17(31)28(2)19-7-5-10-29(16-19)27(32)22-14-21(25-8-6-12-35-25)26-20-15-24(34-4)23(33-3)13-18(20)9-11-30(22)26;1-2/h6,8,12-15,19H,5,7,9-11,16H2,1-4H3;1H3/t19-;/m1./s1. The third kappa shape index (κ3) is 5.25. The van der Waals surface area contributed by atoms with Crippen LogP contribution in [0.2, 0.25) is 0 Å². The molecule has 198 valence electrons. The van der Waals surface area contributed by atoms with Crippen LogP contribution in [0, 0.1) is 0 Å². The summed E-state index contributed by atoms with van der Waals surface area (Å²) in [4.78, 5) is 32.6. The highest BCUT2D eigenvalue weighted by Gasteiger charge is 2.33. The first-order valence-corrected chi connectivity index (χ1v) is 15.4. The first-order valence-electron chi connectivity index (χ1n) is 12.4. The van der Waals surface area contributed by atoms with Gasteiger partial charge in [0.15, 0.2) is 11.5 Å². The van der Waals surface area contributed by atoms with Crippen LogP contribution in [0.3, 0.4) is 0 Å². The molecule has 2 aliphatic rings. The van der Waals surface area contributed by atoms with Gasteiger partial charge in [-0.25, -0.2) is 0 Å². The lowest BCUT2D eigenvalue weighted by Gasteiger charge is -2.37. The van der Waals surface area contributed by atoms with E-state index >= 15 is 0 Å². The number of thiophene rings is 1. The van der Waals surface area contributed by atoms with Gasteiger partial charge in [-0.2, -0.15) is 0 Å². The van der Waals surface area contributed by atoms with E-state index in [0.717, 1.165) is 47.5 Å². The second-order valence-corrected chi connectivity index (χ2v) is 10.2. The lowest BCUT2D eigenvalue weighted by molar-refractivity contribution is -0.130. The van der Waals surface area contributed by atoms with Crippen LogP contribution in [0.25, 0.3) is 21.7 Å². The van der Waals surface area contributed by atoms with E-state index in [1.54, 1.807) is 37.4 Å². The monoisotopic (exact) mass is 635 g/mol. The Kier molecular flexibility index (Phi) is 8.84. The molecule has 0 unspecified atom stereocenters. The van der Waals surface area contributed by atoms with Gasteiger partial charge in [-0.1, -0.05) is 28.7 Å². The maximum atomic E-state index is 13.9. The number of amides is 2. The molecule has 0 saturated carbocycles. The van der Waals surface area contributed by atoms with Crippen LogP contribution in [0.1, 0.15) is 35.8 Å². The van der Waals surface area contributed by atoms with Gasteiger partial charge in [0.25, 0.3) is 5.91 Å². The number of halogens is 1. The fourth-order valence-corrected chi connectivity index (χ4v) is 6.07. The van der Waals surface area contributed by atoms with Crippen molar-refractivity contribution in [2.24, 2.45) is 0 Å². The van der Waals surface area contributed by atoms with E-state index in [1.165, 1.54) is 5.56 Å². The van der Waals surface area contributed by atoms with E-state index in [4.69, 9.17) is 9.47 Å². The summed E-state index contributed by atoms with van der Waals surface area (Å²) < 4.78 is 13.3. The van der Waals surface area contributed by atoms with Crippen molar-refractivity contribution in [3.63, 3.8) is 0 Å². The van der Waals surface area contributed by atoms with Gasteiger partial charge in [0.05, 0.1) is 19.9 Å². The van der Waals surface area contributed by atoms with Crippen LogP contribution in [-0.2, 0) is 17.8 Å². The molecule has 1 aromatic carbocycles. The van der Waals surface area contributed by atoms with E-state index in [0.29, 0.717) is 30.3 Å². The molecule has 2 aromatic heterocycles. The summed E-state index contributed by atoms with van der Waals surface area (Å²) >= 11 is 3.82. The van der Waals surface area contributed by atoms with Crippen molar-refractivity contribution in [1.82, 2.24) is 14.4 Å². The molecule has 0 spiro atoms. The molecule has 0 N–H and O–H groups in total. The number of carbonyl (C=O) groups is 2. The maximum Gasteiger partial charge on any atom is 0.270 e. The number of aryl methyl sites for hydroxylation is 1. The van der Waals surface area contributed by atoms with Gasteiger partial charge in [0, 0.05) is 55.7 Å². The average Bonchev–Trinajstić information content (AvgIpc) is 3.61. The number of hydrogen-bond donors (Lipinski definition) is 0. The average molecular weight is 636 g/mol. The SMILES string of the molecule is CI.COc1cc2c(cc1OC)-c1c(-c3cccs3)cc(C(=O)N3CCC[C@@H](N(C)C(C)=O)C3)n1CC2. The molecule has 2 aliphatic heterocycles. The predicted molar refractivity (Wildman–Crippen MR) is 157 cm³/mol. The Labute approximate surface area is 236 Å². The number of likely N-dealkylation sites (N-methyl/N-ethyl adjacent to an activating group) is 1. The van der Waals surface area contributed by atoms with Crippen LogP contribution in [0.5, 0.6) is 11.5 Å². The number of alkyl halides is 1. The Morgan fingerprint density at radius 1 is 1.08 bits per heavy atom. The zero-order valence-corrected chi connectivity index (χ0v) is 25.0. The fraction of sp³-hybridized carbons (Fsp3) is 0.429. The Bertz CT molecular complexity index is 1270. The third-order valence-electron chi connectivity index (χ3n) is 7.30. The highest BCUT2D eigenvalue weighted by Crippen LogP contribution is 2.45. The van der Waals surface area contributed by atoms with Gasteiger partial charge >= 0.3 is 0 Å². The number of fused-ring (bicyclic) bond motifs is 3. The molecule has 4 heterocycles. The van der Waals surface area contributed by atoms with E-state index < -0.39 is 0 Å².